The van der Waals surface area contributed by atoms with E-state index in [2.05, 4.69) is 12.1 Å². The number of aryl methyl sites for hydroxylation is 1. The van der Waals surface area contributed by atoms with E-state index in [0.717, 1.165) is 5.56 Å². The summed E-state index contributed by atoms with van der Waals surface area (Å²) >= 11 is 0. The maximum atomic E-state index is 13.1. The number of amides is 1. The minimum Gasteiger partial charge on any atom is -0.493 e. The number of morpholine rings is 1. The highest BCUT2D eigenvalue weighted by atomic mass is 16.5. The van der Waals surface area contributed by atoms with Crippen LogP contribution in [0, 0.1) is 6.92 Å². The molecular formula is C21H25NO5. The molecule has 1 amide bonds. The van der Waals surface area contributed by atoms with Crippen molar-refractivity contribution >= 4 is 5.91 Å². The zero-order valence-electron chi connectivity index (χ0n) is 16.2. The van der Waals surface area contributed by atoms with E-state index >= 15 is 0 Å². The van der Waals surface area contributed by atoms with Gasteiger partial charge in [-0.25, -0.2) is 0 Å². The van der Waals surface area contributed by atoms with Crippen molar-refractivity contribution in [2.24, 2.45) is 0 Å². The number of benzene rings is 2. The quantitative estimate of drug-likeness (QED) is 0.808. The predicted molar refractivity (Wildman–Crippen MR) is 102 cm³/mol. The minimum atomic E-state index is -0.134. The minimum absolute atomic E-state index is 0.0883. The van der Waals surface area contributed by atoms with Crippen LogP contribution in [-0.2, 0) is 4.74 Å². The molecule has 0 aliphatic carbocycles. The molecule has 0 N–H and O–H groups in total. The molecule has 1 unspecified atom stereocenters. The molecule has 1 saturated heterocycles. The Kier molecular flexibility index (Phi) is 5.86. The zero-order chi connectivity index (χ0) is 19.4. The normalized spacial score (nSPS) is 16.7. The Labute approximate surface area is 159 Å². The Balaban J connectivity index is 1.83. The van der Waals surface area contributed by atoms with Gasteiger partial charge in [-0.15, -0.1) is 0 Å². The van der Waals surface area contributed by atoms with Gasteiger partial charge in [0.2, 0.25) is 5.75 Å². The molecule has 2 aromatic rings. The number of carbonyl (C=O) groups excluding carboxylic acids is 1. The van der Waals surface area contributed by atoms with Crippen molar-refractivity contribution in [2.75, 3.05) is 41.0 Å². The molecule has 1 atom stereocenters. The molecule has 2 aromatic carbocycles. The van der Waals surface area contributed by atoms with Crippen molar-refractivity contribution in [3.8, 4) is 17.2 Å². The Bertz CT molecular complexity index is 778. The van der Waals surface area contributed by atoms with Crippen molar-refractivity contribution in [1.29, 1.82) is 0 Å². The lowest BCUT2D eigenvalue weighted by Gasteiger charge is -2.33. The zero-order valence-corrected chi connectivity index (χ0v) is 16.2. The van der Waals surface area contributed by atoms with Gasteiger partial charge in [0.05, 0.1) is 34.5 Å². The average Bonchev–Trinajstić information content (AvgIpc) is 2.72. The molecule has 1 aliphatic rings. The van der Waals surface area contributed by atoms with Gasteiger partial charge in [-0.3, -0.25) is 4.79 Å². The molecule has 27 heavy (non-hydrogen) atoms. The average molecular weight is 371 g/mol. The van der Waals surface area contributed by atoms with Crippen LogP contribution in [0.25, 0.3) is 0 Å². The third-order valence-corrected chi connectivity index (χ3v) is 4.71. The van der Waals surface area contributed by atoms with Crippen LogP contribution in [0.15, 0.2) is 36.4 Å². The van der Waals surface area contributed by atoms with Crippen molar-refractivity contribution in [1.82, 2.24) is 4.90 Å². The van der Waals surface area contributed by atoms with Gasteiger partial charge in [0.25, 0.3) is 5.91 Å². The predicted octanol–water partition coefficient (Wildman–Crippen LogP) is 3.23. The highest BCUT2D eigenvalue weighted by Gasteiger charge is 2.27. The molecule has 6 nitrogen and oxygen atoms in total. The first-order valence-corrected chi connectivity index (χ1v) is 8.84. The van der Waals surface area contributed by atoms with Crippen LogP contribution in [0.5, 0.6) is 17.2 Å². The third kappa shape index (κ3) is 4.01. The van der Waals surface area contributed by atoms with Gasteiger partial charge in [0, 0.05) is 12.1 Å². The maximum absolute atomic E-state index is 13.1. The lowest BCUT2D eigenvalue weighted by Crippen LogP contribution is -2.42. The number of hydrogen-bond acceptors (Lipinski definition) is 5. The molecule has 0 bridgehead atoms. The molecule has 1 heterocycles. The first kappa shape index (κ1) is 19.0. The van der Waals surface area contributed by atoms with Crippen molar-refractivity contribution in [2.45, 2.75) is 13.0 Å². The van der Waals surface area contributed by atoms with E-state index in [-0.39, 0.29) is 12.0 Å². The second-order valence-electron chi connectivity index (χ2n) is 6.44. The van der Waals surface area contributed by atoms with Crippen LogP contribution in [0.4, 0.5) is 0 Å². The number of hydrogen-bond donors (Lipinski definition) is 0. The number of carbonyl (C=O) groups is 1. The Hall–Kier alpha value is -2.73. The van der Waals surface area contributed by atoms with Crippen LogP contribution >= 0.6 is 0 Å². The SMILES string of the molecule is COc1cc(C(=O)N2CCOC(c3ccc(C)cc3)C2)cc(OC)c1OC. The standard InChI is InChI=1S/C21H25NO5/c1-14-5-7-15(8-6-14)19-13-22(9-10-27-19)21(23)16-11-17(24-2)20(26-4)18(12-16)25-3/h5-8,11-12,19H,9-10,13H2,1-4H3. The fourth-order valence-electron chi connectivity index (χ4n) is 3.20. The van der Waals surface area contributed by atoms with Crippen LogP contribution in [0.3, 0.4) is 0 Å². The van der Waals surface area contributed by atoms with Gasteiger partial charge < -0.3 is 23.8 Å². The summed E-state index contributed by atoms with van der Waals surface area (Å²) in [6.07, 6.45) is -0.134. The van der Waals surface area contributed by atoms with Gasteiger partial charge in [-0.05, 0) is 24.6 Å². The molecule has 0 radical (unpaired) electrons. The highest BCUT2D eigenvalue weighted by Crippen LogP contribution is 2.38. The molecule has 144 valence electrons. The molecule has 1 aliphatic heterocycles. The van der Waals surface area contributed by atoms with Gasteiger partial charge in [-0.2, -0.15) is 0 Å². The van der Waals surface area contributed by atoms with E-state index in [4.69, 9.17) is 18.9 Å². The third-order valence-electron chi connectivity index (χ3n) is 4.71. The van der Waals surface area contributed by atoms with Crippen LogP contribution in [-0.4, -0.2) is 51.8 Å². The summed E-state index contributed by atoms with van der Waals surface area (Å²) in [5.74, 6) is 1.30. The lowest BCUT2D eigenvalue weighted by molar-refractivity contribution is -0.0228. The van der Waals surface area contributed by atoms with E-state index < -0.39 is 0 Å². The van der Waals surface area contributed by atoms with E-state index in [0.29, 0.717) is 42.5 Å². The first-order valence-electron chi connectivity index (χ1n) is 8.84. The topological polar surface area (TPSA) is 57.2 Å². The van der Waals surface area contributed by atoms with Gasteiger partial charge in [0.15, 0.2) is 11.5 Å². The molecule has 3 rings (SSSR count). The van der Waals surface area contributed by atoms with Crippen LogP contribution in [0.1, 0.15) is 27.6 Å². The summed E-state index contributed by atoms with van der Waals surface area (Å²) < 4.78 is 21.9. The molecular weight excluding hydrogens is 346 g/mol. The van der Waals surface area contributed by atoms with E-state index in [1.807, 2.05) is 19.1 Å². The highest BCUT2D eigenvalue weighted by molar-refractivity contribution is 5.95. The molecule has 0 aromatic heterocycles. The Morgan fingerprint density at radius 3 is 2.22 bits per heavy atom. The van der Waals surface area contributed by atoms with E-state index in [1.54, 1.807) is 17.0 Å². The van der Waals surface area contributed by atoms with Gasteiger partial charge in [-0.1, -0.05) is 29.8 Å². The van der Waals surface area contributed by atoms with Gasteiger partial charge in [0.1, 0.15) is 6.10 Å². The van der Waals surface area contributed by atoms with Crippen LogP contribution in [0.2, 0.25) is 0 Å². The van der Waals surface area contributed by atoms with Crippen LogP contribution < -0.4 is 14.2 Å². The molecule has 0 spiro atoms. The Morgan fingerprint density at radius 2 is 1.67 bits per heavy atom. The molecule has 6 heteroatoms. The number of rotatable bonds is 5. The molecule has 0 saturated carbocycles. The Morgan fingerprint density at radius 1 is 1.04 bits per heavy atom. The van der Waals surface area contributed by atoms with Crippen molar-refractivity contribution < 1.29 is 23.7 Å². The summed E-state index contributed by atoms with van der Waals surface area (Å²) in [4.78, 5) is 14.9. The smallest absolute Gasteiger partial charge is 0.254 e. The van der Waals surface area contributed by atoms with E-state index in [1.165, 1.54) is 26.9 Å². The summed E-state index contributed by atoms with van der Waals surface area (Å²) in [7, 11) is 4.61. The largest absolute Gasteiger partial charge is 0.493 e. The second kappa shape index (κ2) is 8.31. The summed E-state index contributed by atoms with van der Waals surface area (Å²) in [5.41, 5.74) is 2.76. The number of methoxy groups -OCH3 is 3. The lowest BCUT2D eigenvalue weighted by atomic mass is 10.0. The fourth-order valence-corrected chi connectivity index (χ4v) is 3.20. The fraction of sp³-hybridized carbons (Fsp3) is 0.381. The van der Waals surface area contributed by atoms with Crippen molar-refractivity contribution in [3.05, 3.63) is 53.1 Å². The summed E-state index contributed by atoms with van der Waals surface area (Å²) in [5, 5.41) is 0. The first-order chi connectivity index (χ1) is 13.1. The van der Waals surface area contributed by atoms with Gasteiger partial charge >= 0.3 is 0 Å². The summed E-state index contributed by atoms with van der Waals surface area (Å²) in [6, 6.07) is 11.6. The maximum Gasteiger partial charge on any atom is 0.254 e. The monoisotopic (exact) mass is 371 g/mol. The molecule has 1 fully saturated rings. The van der Waals surface area contributed by atoms with Crippen molar-refractivity contribution in [3.63, 3.8) is 0 Å². The number of nitrogens with zero attached hydrogens (tertiary/aromatic N) is 1. The number of ether oxygens (including phenoxy) is 4. The second-order valence-corrected chi connectivity index (χ2v) is 6.44. The summed E-state index contributed by atoms with van der Waals surface area (Å²) in [6.45, 7) is 3.58. The van der Waals surface area contributed by atoms with E-state index in [9.17, 15) is 4.79 Å².